The van der Waals surface area contributed by atoms with Crippen molar-refractivity contribution >= 4 is 11.9 Å². The van der Waals surface area contributed by atoms with Crippen molar-refractivity contribution < 1.29 is 18.3 Å². The highest BCUT2D eigenvalue weighted by Crippen LogP contribution is 2.26. The predicted octanol–water partition coefficient (Wildman–Crippen LogP) is 2.80. The summed E-state index contributed by atoms with van der Waals surface area (Å²) in [5, 5.41) is 0. The van der Waals surface area contributed by atoms with E-state index in [4.69, 9.17) is 5.73 Å². The van der Waals surface area contributed by atoms with Gasteiger partial charge in [-0.05, 0) is 17.7 Å². The lowest BCUT2D eigenvalue weighted by Gasteiger charge is -2.10. The first-order valence-corrected chi connectivity index (χ1v) is 7.14. The molecule has 0 aliphatic carbocycles. The molecule has 0 aromatic heterocycles. The number of likely N-dealkylation sites (N-methyl/N-ethyl adjacent to an activating group) is 1. The van der Waals surface area contributed by atoms with Crippen molar-refractivity contribution in [2.24, 2.45) is 10.7 Å². The minimum Gasteiger partial charge on any atom is -0.435 e. The molecule has 2 aromatic rings. The summed E-state index contributed by atoms with van der Waals surface area (Å²) in [4.78, 5) is 17.0. The smallest absolute Gasteiger partial charge is 0.387 e. The Morgan fingerprint density at radius 1 is 1.08 bits per heavy atom. The van der Waals surface area contributed by atoms with Gasteiger partial charge in [0.15, 0.2) is 12.0 Å². The van der Waals surface area contributed by atoms with Gasteiger partial charge >= 0.3 is 6.61 Å². The number of carbonyl (C=O) groups excluding carboxylic acids is 1. The quantitative estimate of drug-likeness (QED) is 0.939. The van der Waals surface area contributed by atoms with Crippen LogP contribution >= 0.6 is 0 Å². The summed E-state index contributed by atoms with van der Waals surface area (Å²) in [6, 6.07) is 17.0. The number of nitrogens with zero attached hydrogens (tertiary/aromatic N) is 2. The van der Waals surface area contributed by atoms with E-state index in [2.05, 4.69) is 9.73 Å². The van der Waals surface area contributed by atoms with Crippen molar-refractivity contribution in [3.05, 3.63) is 66.2 Å². The number of hydrogen-bond acceptors (Lipinski definition) is 4. The van der Waals surface area contributed by atoms with Crippen LogP contribution in [0.4, 0.5) is 8.78 Å². The average molecular weight is 333 g/mol. The zero-order chi connectivity index (χ0) is 17.5. The van der Waals surface area contributed by atoms with Gasteiger partial charge in [-0.25, -0.2) is 4.99 Å². The van der Waals surface area contributed by atoms with E-state index >= 15 is 0 Å². The predicted molar refractivity (Wildman–Crippen MR) is 86.6 cm³/mol. The second kappa shape index (κ2) is 8.05. The van der Waals surface area contributed by atoms with E-state index < -0.39 is 12.7 Å². The maximum Gasteiger partial charge on any atom is 0.387 e. The summed E-state index contributed by atoms with van der Waals surface area (Å²) >= 11 is 0. The normalized spacial score (nSPS) is 16.5. The highest BCUT2D eigenvalue weighted by atomic mass is 19.3. The third-order valence-corrected chi connectivity index (χ3v) is 3.26. The van der Waals surface area contributed by atoms with Crippen LogP contribution in [0.1, 0.15) is 11.6 Å². The molecule has 0 fully saturated rings. The van der Waals surface area contributed by atoms with Crippen molar-refractivity contribution in [2.45, 2.75) is 12.7 Å². The zero-order valence-corrected chi connectivity index (χ0v) is 13.0. The van der Waals surface area contributed by atoms with Gasteiger partial charge in [-0.1, -0.05) is 48.5 Å². The molecule has 24 heavy (non-hydrogen) atoms. The number of ether oxygens (including phenoxy) is 1. The summed E-state index contributed by atoms with van der Waals surface area (Å²) < 4.78 is 28.1. The van der Waals surface area contributed by atoms with Gasteiger partial charge in [0.05, 0.1) is 0 Å². The first-order valence-electron chi connectivity index (χ1n) is 7.14. The van der Waals surface area contributed by atoms with Crippen LogP contribution in [-0.2, 0) is 4.79 Å². The maximum atomic E-state index is 12.0. The number of carbonyl (C=O) groups is 1. The van der Waals surface area contributed by atoms with Crippen molar-refractivity contribution in [2.75, 3.05) is 7.05 Å². The summed E-state index contributed by atoms with van der Waals surface area (Å²) in [7, 11) is 1.52. The largest absolute Gasteiger partial charge is 0.435 e. The van der Waals surface area contributed by atoms with Crippen LogP contribution in [0.15, 0.2) is 65.7 Å². The molecule has 2 aromatic carbocycles. The topological polar surface area (TPSA) is 67.9 Å². The van der Waals surface area contributed by atoms with E-state index in [9.17, 15) is 13.6 Å². The molecule has 0 spiro atoms. The zero-order valence-electron chi connectivity index (χ0n) is 13.0. The Hall–Kier alpha value is -2.96. The van der Waals surface area contributed by atoms with Gasteiger partial charge in [0, 0.05) is 7.05 Å². The highest BCUT2D eigenvalue weighted by molar-refractivity contribution is 6.04. The SMILES string of the molecule is CN1C(=O)C(c2ccc(OC(F)F)cc2)N=C1N.c1ccccc1. The average Bonchev–Trinajstić information content (AvgIpc) is 2.85. The summed E-state index contributed by atoms with van der Waals surface area (Å²) in [6.07, 6.45) is 0. The fraction of sp³-hybridized carbons (Fsp3) is 0.176. The van der Waals surface area contributed by atoms with Gasteiger partial charge in [-0.15, -0.1) is 0 Å². The van der Waals surface area contributed by atoms with Crippen LogP contribution in [0.3, 0.4) is 0 Å². The van der Waals surface area contributed by atoms with Gasteiger partial charge in [-0.2, -0.15) is 8.78 Å². The molecular weight excluding hydrogens is 316 g/mol. The number of amides is 1. The van der Waals surface area contributed by atoms with E-state index in [1.807, 2.05) is 36.4 Å². The van der Waals surface area contributed by atoms with Crippen LogP contribution in [0, 0.1) is 0 Å². The molecule has 1 heterocycles. The monoisotopic (exact) mass is 333 g/mol. The summed E-state index contributed by atoms with van der Waals surface area (Å²) in [5.74, 6) is -0.0857. The first kappa shape index (κ1) is 17.4. The molecule has 3 rings (SSSR count). The number of halogens is 2. The molecule has 0 bridgehead atoms. The Balaban J connectivity index is 0.000000292. The van der Waals surface area contributed by atoms with E-state index in [0.29, 0.717) is 5.56 Å². The second-order valence-electron chi connectivity index (χ2n) is 4.89. The van der Waals surface area contributed by atoms with Gasteiger partial charge in [0.2, 0.25) is 0 Å². The Labute approximate surface area is 138 Å². The lowest BCUT2D eigenvalue weighted by molar-refractivity contribution is -0.126. The highest BCUT2D eigenvalue weighted by Gasteiger charge is 2.31. The van der Waals surface area contributed by atoms with Gasteiger partial charge in [0.25, 0.3) is 5.91 Å². The number of guanidine groups is 1. The van der Waals surface area contributed by atoms with E-state index in [0.717, 1.165) is 0 Å². The Morgan fingerprint density at radius 3 is 1.96 bits per heavy atom. The molecule has 2 N–H and O–H groups in total. The molecule has 1 amide bonds. The van der Waals surface area contributed by atoms with Crippen LogP contribution in [-0.4, -0.2) is 30.4 Å². The molecule has 0 radical (unpaired) electrons. The Morgan fingerprint density at radius 2 is 1.58 bits per heavy atom. The van der Waals surface area contributed by atoms with Crippen LogP contribution in [0.2, 0.25) is 0 Å². The number of benzene rings is 2. The number of aliphatic imine (C=N–C) groups is 1. The first-order chi connectivity index (χ1) is 11.5. The number of nitrogens with two attached hydrogens (primary N) is 1. The van der Waals surface area contributed by atoms with E-state index in [1.165, 1.54) is 36.2 Å². The third-order valence-electron chi connectivity index (χ3n) is 3.26. The molecule has 1 aliphatic rings. The Bertz CT molecular complexity index is 664. The lowest BCUT2D eigenvalue weighted by Crippen LogP contribution is -2.34. The number of hydrogen-bond donors (Lipinski definition) is 1. The van der Waals surface area contributed by atoms with Gasteiger partial charge in [0.1, 0.15) is 5.75 Å². The second-order valence-corrected chi connectivity index (χ2v) is 4.89. The van der Waals surface area contributed by atoms with E-state index in [1.54, 1.807) is 0 Å². The standard InChI is InChI=1S/C11H11F2N3O2.C6H6/c1-16-9(17)8(15-11(16)14)6-2-4-7(5-3-6)18-10(12)13;1-2-4-6-5-3-1/h2-5,8,10H,1H3,(H2,14,15);1-6H. The summed E-state index contributed by atoms with van der Waals surface area (Å²) in [5.41, 5.74) is 6.10. The molecule has 5 nitrogen and oxygen atoms in total. The minimum absolute atomic E-state index is 0.0319. The molecular formula is C17H17F2N3O2. The Kier molecular flexibility index (Phi) is 5.83. The van der Waals surface area contributed by atoms with Crippen LogP contribution in [0.5, 0.6) is 5.75 Å². The van der Waals surface area contributed by atoms with Gasteiger partial charge in [-0.3, -0.25) is 9.69 Å². The molecule has 7 heteroatoms. The molecule has 1 atom stereocenters. The molecule has 0 saturated carbocycles. The maximum absolute atomic E-state index is 12.0. The molecule has 126 valence electrons. The van der Waals surface area contributed by atoms with Crippen molar-refractivity contribution in [1.29, 1.82) is 0 Å². The van der Waals surface area contributed by atoms with Crippen LogP contribution in [0.25, 0.3) is 0 Å². The van der Waals surface area contributed by atoms with Crippen molar-refractivity contribution in [3.8, 4) is 5.75 Å². The van der Waals surface area contributed by atoms with Gasteiger partial charge < -0.3 is 10.5 Å². The summed E-state index contributed by atoms with van der Waals surface area (Å²) in [6.45, 7) is -2.87. The third kappa shape index (κ3) is 4.52. The van der Waals surface area contributed by atoms with Crippen molar-refractivity contribution in [1.82, 2.24) is 4.90 Å². The number of rotatable bonds is 3. The molecule has 0 saturated heterocycles. The molecule has 1 unspecified atom stereocenters. The molecule has 1 aliphatic heterocycles. The van der Waals surface area contributed by atoms with Crippen LogP contribution < -0.4 is 10.5 Å². The van der Waals surface area contributed by atoms with E-state index in [-0.39, 0.29) is 17.6 Å². The fourth-order valence-corrected chi connectivity index (χ4v) is 2.00. The van der Waals surface area contributed by atoms with Crippen molar-refractivity contribution in [3.63, 3.8) is 0 Å². The minimum atomic E-state index is -2.87. The fourth-order valence-electron chi connectivity index (χ4n) is 2.00. The lowest BCUT2D eigenvalue weighted by atomic mass is 10.1. The number of alkyl halides is 2.